The van der Waals surface area contributed by atoms with Gasteiger partial charge in [-0.3, -0.25) is 0 Å². The monoisotopic (exact) mass is 487 g/mol. The van der Waals surface area contributed by atoms with Gasteiger partial charge in [-0.2, -0.15) is 0 Å². The highest BCUT2D eigenvalue weighted by molar-refractivity contribution is 9.10. The molecule has 0 saturated heterocycles. The lowest BCUT2D eigenvalue weighted by Crippen LogP contribution is -2.07. The van der Waals surface area contributed by atoms with E-state index in [2.05, 4.69) is 21.2 Å². The lowest BCUT2D eigenvalue weighted by molar-refractivity contribution is 0.0696. The van der Waals surface area contributed by atoms with Crippen LogP contribution in [0.5, 0.6) is 11.5 Å². The first-order valence-electron chi connectivity index (χ1n) is 9.79. The molecule has 0 aliphatic rings. The fourth-order valence-corrected chi connectivity index (χ4v) is 3.58. The van der Waals surface area contributed by atoms with Gasteiger partial charge in [-0.05, 0) is 55.3 Å². The fourth-order valence-electron chi connectivity index (χ4n) is 3.11. The minimum Gasteiger partial charge on any atom is -0.490 e. The molecule has 0 spiro atoms. The van der Waals surface area contributed by atoms with Crippen LogP contribution in [0.25, 0.3) is 0 Å². The Morgan fingerprint density at radius 3 is 2.52 bits per heavy atom. The summed E-state index contributed by atoms with van der Waals surface area (Å²) in [6.07, 6.45) is 0. The summed E-state index contributed by atoms with van der Waals surface area (Å²) in [7, 11) is 0. The van der Waals surface area contributed by atoms with E-state index in [1.165, 1.54) is 6.07 Å². The van der Waals surface area contributed by atoms with Crippen molar-refractivity contribution in [1.82, 2.24) is 0 Å². The molecule has 0 radical (unpaired) electrons. The molecule has 3 rings (SSSR count). The largest absolute Gasteiger partial charge is 0.490 e. The normalized spacial score (nSPS) is 10.6. The third-order valence-corrected chi connectivity index (χ3v) is 5.53. The molecule has 0 fully saturated rings. The number of benzene rings is 3. The highest BCUT2D eigenvalue weighted by atomic mass is 79.9. The van der Waals surface area contributed by atoms with Crippen molar-refractivity contribution in [2.24, 2.45) is 0 Å². The topological polar surface area (TPSA) is 67.8 Å². The molecule has 0 saturated carbocycles. The van der Waals surface area contributed by atoms with E-state index in [9.17, 15) is 14.3 Å². The summed E-state index contributed by atoms with van der Waals surface area (Å²) >= 11 is 3.56. The number of rotatable bonds is 9. The molecule has 0 bridgehead atoms. The molecule has 0 unspecified atom stereocenters. The summed E-state index contributed by atoms with van der Waals surface area (Å²) in [5.74, 6) is -0.226. The van der Waals surface area contributed by atoms with Crippen LogP contribution in [0.1, 0.15) is 34.0 Å². The first-order valence-corrected chi connectivity index (χ1v) is 10.6. The van der Waals surface area contributed by atoms with Gasteiger partial charge in [-0.15, -0.1) is 0 Å². The summed E-state index contributed by atoms with van der Waals surface area (Å²) in [5.41, 5.74) is 3.03. The molecule has 0 aliphatic carbocycles. The number of ether oxygens (including phenoxy) is 2. The number of hydrogen-bond acceptors (Lipinski definition) is 4. The van der Waals surface area contributed by atoms with Gasteiger partial charge < -0.3 is 19.9 Å². The quantitative estimate of drug-likeness (QED) is 0.376. The molecule has 0 heterocycles. The SMILES string of the molecule is CCOc1cc(CNc2cccc(C(=O)O)c2C)c(Br)cc1OCc1ccccc1F. The number of anilines is 1. The van der Waals surface area contributed by atoms with Crippen LogP contribution in [0.15, 0.2) is 59.1 Å². The standard InChI is InChI=1S/C24H23BrFNO4/c1-3-30-22-11-17(13-27-21-10-6-8-18(15(21)2)24(28)29)19(25)12-23(22)31-14-16-7-4-5-9-20(16)26/h4-12,27H,3,13-14H2,1-2H3,(H,28,29). The predicted octanol–water partition coefficient (Wildman–Crippen LogP) is 6.18. The summed E-state index contributed by atoms with van der Waals surface area (Å²) in [6, 6.07) is 15.2. The van der Waals surface area contributed by atoms with Gasteiger partial charge in [-0.1, -0.05) is 40.2 Å². The molecule has 0 aromatic heterocycles. The molecule has 0 amide bonds. The first-order chi connectivity index (χ1) is 14.9. The summed E-state index contributed by atoms with van der Waals surface area (Å²) in [6.45, 7) is 4.62. The van der Waals surface area contributed by atoms with Crippen molar-refractivity contribution >= 4 is 27.6 Å². The molecule has 7 heteroatoms. The molecular formula is C24H23BrFNO4. The van der Waals surface area contributed by atoms with Gasteiger partial charge in [0.05, 0.1) is 12.2 Å². The lowest BCUT2D eigenvalue weighted by atomic mass is 10.1. The number of carboxylic acids is 1. The number of aromatic carboxylic acids is 1. The van der Waals surface area contributed by atoms with E-state index in [0.29, 0.717) is 35.8 Å². The van der Waals surface area contributed by atoms with Crippen LogP contribution in [0.3, 0.4) is 0 Å². The van der Waals surface area contributed by atoms with Crippen LogP contribution in [-0.4, -0.2) is 17.7 Å². The maximum absolute atomic E-state index is 13.9. The van der Waals surface area contributed by atoms with Crippen LogP contribution in [0, 0.1) is 12.7 Å². The van der Waals surface area contributed by atoms with E-state index >= 15 is 0 Å². The van der Waals surface area contributed by atoms with Gasteiger partial charge in [0.25, 0.3) is 0 Å². The van der Waals surface area contributed by atoms with Crippen molar-refractivity contribution in [2.45, 2.75) is 27.0 Å². The number of nitrogens with one attached hydrogen (secondary N) is 1. The van der Waals surface area contributed by atoms with Crippen molar-refractivity contribution in [3.63, 3.8) is 0 Å². The second-order valence-electron chi connectivity index (χ2n) is 6.84. The van der Waals surface area contributed by atoms with Gasteiger partial charge in [0.1, 0.15) is 12.4 Å². The molecule has 0 aliphatic heterocycles. The average Bonchev–Trinajstić information content (AvgIpc) is 2.74. The minimum atomic E-state index is -0.961. The molecule has 162 valence electrons. The molecule has 2 N–H and O–H groups in total. The number of halogens is 2. The highest BCUT2D eigenvalue weighted by Crippen LogP contribution is 2.35. The third kappa shape index (κ3) is 5.55. The Balaban J connectivity index is 1.79. The maximum atomic E-state index is 13.9. The van der Waals surface area contributed by atoms with Crippen LogP contribution >= 0.6 is 15.9 Å². The minimum absolute atomic E-state index is 0.0813. The Kier molecular flexibility index (Phi) is 7.52. The molecule has 31 heavy (non-hydrogen) atoms. The van der Waals surface area contributed by atoms with Gasteiger partial charge in [0, 0.05) is 22.3 Å². The first kappa shape index (κ1) is 22.6. The second kappa shape index (κ2) is 10.3. The van der Waals surface area contributed by atoms with E-state index in [1.807, 2.05) is 19.1 Å². The molecular weight excluding hydrogens is 465 g/mol. The van der Waals surface area contributed by atoms with Crippen LogP contribution in [0.4, 0.5) is 10.1 Å². The number of hydrogen-bond donors (Lipinski definition) is 2. The zero-order chi connectivity index (χ0) is 22.4. The Hall–Kier alpha value is -3.06. The van der Waals surface area contributed by atoms with E-state index in [-0.39, 0.29) is 18.0 Å². The zero-order valence-corrected chi connectivity index (χ0v) is 18.8. The number of carboxylic acid groups (broad SMARTS) is 1. The summed E-state index contributed by atoms with van der Waals surface area (Å²) in [4.78, 5) is 11.4. The van der Waals surface area contributed by atoms with Crippen molar-refractivity contribution in [2.75, 3.05) is 11.9 Å². The summed E-state index contributed by atoms with van der Waals surface area (Å²) in [5, 5.41) is 12.6. The van der Waals surface area contributed by atoms with E-state index in [4.69, 9.17) is 9.47 Å². The third-order valence-electron chi connectivity index (χ3n) is 4.79. The second-order valence-corrected chi connectivity index (χ2v) is 7.69. The Morgan fingerprint density at radius 2 is 1.81 bits per heavy atom. The van der Waals surface area contributed by atoms with Crippen molar-refractivity contribution < 1.29 is 23.8 Å². The van der Waals surface area contributed by atoms with Gasteiger partial charge in [-0.25, -0.2) is 9.18 Å². The Labute approximate surface area is 189 Å². The zero-order valence-electron chi connectivity index (χ0n) is 17.2. The molecule has 5 nitrogen and oxygen atoms in total. The Morgan fingerprint density at radius 1 is 1.06 bits per heavy atom. The fraction of sp³-hybridized carbons (Fsp3) is 0.208. The van der Waals surface area contributed by atoms with Crippen molar-refractivity contribution in [3.8, 4) is 11.5 Å². The van der Waals surface area contributed by atoms with Crippen LogP contribution in [0.2, 0.25) is 0 Å². The van der Waals surface area contributed by atoms with Gasteiger partial charge in [0.2, 0.25) is 0 Å². The molecule has 3 aromatic rings. The maximum Gasteiger partial charge on any atom is 0.336 e. The van der Waals surface area contributed by atoms with Crippen molar-refractivity contribution in [3.05, 3.63) is 87.1 Å². The number of carbonyl (C=O) groups is 1. The van der Waals surface area contributed by atoms with Crippen LogP contribution < -0.4 is 14.8 Å². The summed E-state index contributed by atoms with van der Waals surface area (Å²) < 4.78 is 26.3. The van der Waals surface area contributed by atoms with Gasteiger partial charge >= 0.3 is 5.97 Å². The Bertz CT molecular complexity index is 1090. The van der Waals surface area contributed by atoms with E-state index in [0.717, 1.165) is 15.7 Å². The smallest absolute Gasteiger partial charge is 0.336 e. The van der Waals surface area contributed by atoms with E-state index in [1.54, 1.807) is 43.3 Å². The molecule has 3 aromatic carbocycles. The van der Waals surface area contributed by atoms with Gasteiger partial charge in [0.15, 0.2) is 11.5 Å². The molecule has 0 atom stereocenters. The average molecular weight is 488 g/mol. The predicted molar refractivity (Wildman–Crippen MR) is 122 cm³/mol. The van der Waals surface area contributed by atoms with E-state index < -0.39 is 5.97 Å². The van der Waals surface area contributed by atoms with Crippen molar-refractivity contribution in [1.29, 1.82) is 0 Å². The lowest BCUT2D eigenvalue weighted by Gasteiger charge is -2.17. The highest BCUT2D eigenvalue weighted by Gasteiger charge is 2.14. The van der Waals surface area contributed by atoms with Crippen LogP contribution in [-0.2, 0) is 13.2 Å².